The summed E-state index contributed by atoms with van der Waals surface area (Å²) in [7, 11) is 1.61. The van der Waals surface area contributed by atoms with E-state index in [1.54, 1.807) is 30.3 Å². The van der Waals surface area contributed by atoms with E-state index in [0.29, 0.717) is 12.1 Å². The molecule has 1 heterocycles. The van der Waals surface area contributed by atoms with E-state index in [-0.39, 0.29) is 5.91 Å². The molecule has 0 aliphatic heterocycles. The summed E-state index contributed by atoms with van der Waals surface area (Å²) in [5.74, 6) is 0.475. The molecule has 3 rings (SSSR count). The number of nitrogens with one attached hydrogen (secondary N) is 1. The minimum absolute atomic E-state index is 0.263. The number of ether oxygens (including phenoxy) is 1. The fraction of sp³-hybridized carbons (Fsp3) is 0.105. The fourth-order valence-electron chi connectivity index (χ4n) is 2.34. The topological polar surface area (TPSA) is 68.5 Å². The van der Waals surface area contributed by atoms with Crippen molar-refractivity contribution in [3.8, 4) is 5.75 Å². The molecule has 2 aromatic carbocycles. The molecule has 0 aliphatic carbocycles. The third-order valence-electron chi connectivity index (χ3n) is 3.57. The van der Waals surface area contributed by atoms with Crippen molar-refractivity contribution >= 4 is 12.1 Å². The molecular weight excluding hydrogens is 316 g/mol. The molecule has 0 saturated heterocycles. The van der Waals surface area contributed by atoms with E-state index in [1.807, 2.05) is 54.7 Å². The Labute approximate surface area is 145 Å². The molecular formula is C19H18N4O2. The highest BCUT2D eigenvalue weighted by molar-refractivity contribution is 5.95. The van der Waals surface area contributed by atoms with Crippen LogP contribution in [0, 0.1) is 0 Å². The minimum Gasteiger partial charge on any atom is -0.497 e. The van der Waals surface area contributed by atoms with Crippen LogP contribution in [0.4, 0.5) is 0 Å². The Morgan fingerprint density at radius 2 is 2.12 bits per heavy atom. The third kappa shape index (κ3) is 4.54. The number of carbonyl (C=O) groups is 1. The van der Waals surface area contributed by atoms with Gasteiger partial charge in [0.25, 0.3) is 5.91 Å². The molecule has 0 spiro atoms. The van der Waals surface area contributed by atoms with Gasteiger partial charge < -0.3 is 4.74 Å². The van der Waals surface area contributed by atoms with Crippen LogP contribution < -0.4 is 10.2 Å². The molecule has 0 radical (unpaired) electrons. The van der Waals surface area contributed by atoms with Crippen molar-refractivity contribution in [2.75, 3.05) is 7.11 Å². The second kappa shape index (κ2) is 7.92. The molecule has 0 atom stereocenters. The largest absolute Gasteiger partial charge is 0.497 e. The number of nitrogens with zero attached hydrogens (tertiary/aromatic N) is 3. The highest BCUT2D eigenvalue weighted by Gasteiger charge is 2.05. The lowest BCUT2D eigenvalue weighted by molar-refractivity contribution is 0.0955. The predicted molar refractivity (Wildman–Crippen MR) is 95.8 cm³/mol. The van der Waals surface area contributed by atoms with E-state index >= 15 is 0 Å². The second-order valence-corrected chi connectivity index (χ2v) is 5.38. The van der Waals surface area contributed by atoms with Gasteiger partial charge in [-0.1, -0.05) is 24.3 Å². The van der Waals surface area contributed by atoms with Crippen molar-refractivity contribution in [3.63, 3.8) is 0 Å². The fourth-order valence-corrected chi connectivity index (χ4v) is 2.34. The van der Waals surface area contributed by atoms with Crippen LogP contribution in [-0.2, 0) is 6.54 Å². The first-order valence-electron chi connectivity index (χ1n) is 7.78. The van der Waals surface area contributed by atoms with E-state index in [0.717, 1.165) is 16.9 Å². The molecule has 0 fully saturated rings. The van der Waals surface area contributed by atoms with Gasteiger partial charge in [0.2, 0.25) is 0 Å². The number of hydrogen-bond acceptors (Lipinski definition) is 4. The van der Waals surface area contributed by atoms with Gasteiger partial charge in [-0.05, 0) is 41.5 Å². The number of methoxy groups -OCH3 is 1. The van der Waals surface area contributed by atoms with Crippen molar-refractivity contribution in [2.24, 2.45) is 5.10 Å². The second-order valence-electron chi connectivity index (χ2n) is 5.38. The first-order valence-corrected chi connectivity index (χ1v) is 7.78. The number of benzene rings is 2. The summed E-state index contributed by atoms with van der Waals surface area (Å²) in [6.45, 7) is 0.612. The molecule has 3 aromatic rings. The quantitative estimate of drug-likeness (QED) is 0.557. The smallest absolute Gasteiger partial charge is 0.271 e. The molecule has 0 unspecified atom stereocenters. The summed E-state index contributed by atoms with van der Waals surface area (Å²) >= 11 is 0. The standard InChI is InChI=1S/C19H18N4O2/c1-25-18-8-3-5-15(12-18)13-20-22-19(24)17-7-2-6-16(11-17)14-23-10-4-9-21-23/h2-13H,14H2,1H3,(H,22,24)/b20-13+. The summed E-state index contributed by atoms with van der Waals surface area (Å²) in [6.07, 6.45) is 5.18. The summed E-state index contributed by atoms with van der Waals surface area (Å²) < 4.78 is 6.96. The van der Waals surface area contributed by atoms with E-state index in [9.17, 15) is 4.79 Å². The Bertz CT molecular complexity index is 873. The van der Waals surface area contributed by atoms with Gasteiger partial charge in [0.1, 0.15) is 5.75 Å². The number of aromatic nitrogens is 2. The molecule has 0 bridgehead atoms. The molecule has 126 valence electrons. The van der Waals surface area contributed by atoms with Gasteiger partial charge >= 0.3 is 0 Å². The van der Waals surface area contributed by atoms with Crippen molar-refractivity contribution in [2.45, 2.75) is 6.54 Å². The highest BCUT2D eigenvalue weighted by Crippen LogP contribution is 2.11. The van der Waals surface area contributed by atoms with Gasteiger partial charge in [0, 0.05) is 18.0 Å². The van der Waals surface area contributed by atoms with Gasteiger partial charge in [-0.25, -0.2) is 5.43 Å². The maximum atomic E-state index is 12.2. The number of hydrogen-bond donors (Lipinski definition) is 1. The number of hydrazone groups is 1. The minimum atomic E-state index is -0.263. The predicted octanol–water partition coefficient (Wildman–Crippen LogP) is 2.70. The maximum Gasteiger partial charge on any atom is 0.271 e. The van der Waals surface area contributed by atoms with Crippen LogP contribution in [0.2, 0.25) is 0 Å². The highest BCUT2D eigenvalue weighted by atomic mass is 16.5. The third-order valence-corrected chi connectivity index (χ3v) is 3.57. The first kappa shape index (κ1) is 16.4. The molecule has 1 N–H and O–H groups in total. The zero-order chi connectivity index (χ0) is 17.5. The van der Waals surface area contributed by atoms with Crippen LogP contribution in [0.25, 0.3) is 0 Å². The van der Waals surface area contributed by atoms with Crippen molar-refractivity contribution in [1.82, 2.24) is 15.2 Å². The molecule has 0 aliphatic rings. The summed E-state index contributed by atoms with van der Waals surface area (Å²) in [5, 5.41) is 8.17. The van der Waals surface area contributed by atoms with Gasteiger partial charge in [0.05, 0.1) is 19.9 Å². The van der Waals surface area contributed by atoms with E-state index in [2.05, 4.69) is 15.6 Å². The first-order chi connectivity index (χ1) is 12.2. The van der Waals surface area contributed by atoms with Gasteiger partial charge in [0.15, 0.2) is 0 Å². The molecule has 0 saturated carbocycles. The monoisotopic (exact) mass is 334 g/mol. The van der Waals surface area contributed by atoms with Crippen molar-refractivity contribution in [3.05, 3.63) is 83.7 Å². The number of rotatable bonds is 6. The van der Waals surface area contributed by atoms with Crippen LogP contribution in [0.15, 0.2) is 72.1 Å². The molecule has 1 aromatic heterocycles. The summed E-state index contributed by atoms with van der Waals surface area (Å²) in [4.78, 5) is 12.2. The molecule has 6 heteroatoms. The average molecular weight is 334 g/mol. The average Bonchev–Trinajstić information content (AvgIpc) is 3.15. The van der Waals surface area contributed by atoms with E-state index in [4.69, 9.17) is 4.74 Å². The lowest BCUT2D eigenvalue weighted by atomic mass is 10.1. The van der Waals surface area contributed by atoms with Crippen LogP contribution in [0.5, 0.6) is 5.75 Å². The molecule has 1 amide bonds. The Kier molecular flexibility index (Phi) is 5.21. The zero-order valence-corrected chi connectivity index (χ0v) is 13.8. The van der Waals surface area contributed by atoms with Crippen molar-refractivity contribution < 1.29 is 9.53 Å². The van der Waals surface area contributed by atoms with Gasteiger partial charge in [-0.15, -0.1) is 0 Å². The number of amides is 1. The Balaban J connectivity index is 1.63. The Morgan fingerprint density at radius 1 is 1.24 bits per heavy atom. The lowest BCUT2D eigenvalue weighted by Gasteiger charge is -2.05. The molecule has 6 nitrogen and oxygen atoms in total. The van der Waals surface area contributed by atoms with E-state index in [1.165, 1.54) is 0 Å². The zero-order valence-electron chi connectivity index (χ0n) is 13.8. The van der Waals surface area contributed by atoms with Crippen molar-refractivity contribution in [1.29, 1.82) is 0 Å². The van der Waals surface area contributed by atoms with E-state index < -0.39 is 0 Å². The van der Waals surface area contributed by atoms with Crippen LogP contribution in [0.3, 0.4) is 0 Å². The summed E-state index contributed by atoms with van der Waals surface area (Å²) in [5.41, 5.74) is 4.92. The lowest BCUT2D eigenvalue weighted by Crippen LogP contribution is -2.18. The maximum absolute atomic E-state index is 12.2. The molecule has 25 heavy (non-hydrogen) atoms. The number of carbonyl (C=O) groups excluding carboxylic acids is 1. The summed E-state index contributed by atoms with van der Waals surface area (Å²) in [6, 6.07) is 16.7. The SMILES string of the molecule is COc1cccc(/C=N/NC(=O)c2cccc(Cn3cccn3)c2)c1. The normalized spacial score (nSPS) is 10.8. The van der Waals surface area contributed by atoms with Crippen LogP contribution >= 0.6 is 0 Å². The van der Waals surface area contributed by atoms with Gasteiger partial charge in [-0.3, -0.25) is 9.48 Å². The Hall–Kier alpha value is -3.41. The van der Waals surface area contributed by atoms with Gasteiger partial charge in [-0.2, -0.15) is 10.2 Å². The Morgan fingerprint density at radius 3 is 2.92 bits per heavy atom. The van der Waals surface area contributed by atoms with Crippen LogP contribution in [0.1, 0.15) is 21.5 Å². The van der Waals surface area contributed by atoms with Crippen LogP contribution in [-0.4, -0.2) is 29.0 Å².